The molecule has 2 nitrogen and oxygen atoms in total. The number of thioether (sulfide) groups is 1. The molecule has 1 aromatic carbocycles. The number of nitrogens with zero attached hydrogens (tertiary/aromatic N) is 1. The van der Waals surface area contributed by atoms with E-state index >= 15 is 0 Å². The molecule has 1 aromatic rings. The third-order valence-corrected chi connectivity index (χ3v) is 4.27. The van der Waals surface area contributed by atoms with Crippen LogP contribution in [0.4, 0.5) is 5.69 Å². The third kappa shape index (κ3) is 2.98. The van der Waals surface area contributed by atoms with Crippen LogP contribution in [0.15, 0.2) is 24.3 Å². The quantitative estimate of drug-likeness (QED) is 0.673. The molecule has 98 valence electrons. The number of thiocarbonyl (C=S) groups is 1. The Morgan fingerprint density at radius 3 is 3.06 bits per heavy atom. The van der Waals surface area contributed by atoms with E-state index in [0.29, 0.717) is 6.04 Å². The van der Waals surface area contributed by atoms with Crippen LogP contribution in [-0.2, 0) is 6.42 Å². The summed E-state index contributed by atoms with van der Waals surface area (Å²) >= 11 is 7.40. The highest BCUT2D eigenvalue weighted by molar-refractivity contribution is 7.98. The fourth-order valence-corrected chi connectivity index (χ4v) is 3.19. The number of rotatable bonds is 4. The molecule has 1 aliphatic rings. The molecule has 18 heavy (non-hydrogen) atoms. The van der Waals surface area contributed by atoms with Gasteiger partial charge in [-0.2, -0.15) is 11.8 Å². The Morgan fingerprint density at radius 1 is 1.50 bits per heavy atom. The Morgan fingerprint density at radius 2 is 2.28 bits per heavy atom. The summed E-state index contributed by atoms with van der Waals surface area (Å²) in [6, 6.07) is 9.00. The third-order valence-electron chi connectivity index (χ3n) is 3.23. The Balaban J connectivity index is 1.98. The van der Waals surface area contributed by atoms with E-state index < -0.39 is 0 Å². The van der Waals surface area contributed by atoms with Gasteiger partial charge in [0.15, 0.2) is 5.11 Å². The number of hydrogen-bond acceptors (Lipinski definition) is 2. The van der Waals surface area contributed by atoms with Crippen molar-refractivity contribution >= 4 is 34.8 Å². The lowest BCUT2D eigenvalue weighted by Gasteiger charge is -2.26. The maximum atomic E-state index is 5.52. The highest BCUT2D eigenvalue weighted by atomic mass is 32.2. The first-order chi connectivity index (χ1) is 8.74. The predicted molar refractivity (Wildman–Crippen MR) is 85.7 cm³/mol. The molecule has 1 heterocycles. The zero-order chi connectivity index (χ0) is 13.0. The maximum Gasteiger partial charge on any atom is 0.173 e. The summed E-state index contributed by atoms with van der Waals surface area (Å²) in [6.07, 6.45) is 4.38. The van der Waals surface area contributed by atoms with Crippen molar-refractivity contribution in [3.63, 3.8) is 0 Å². The van der Waals surface area contributed by atoms with Gasteiger partial charge in [0, 0.05) is 18.3 Å². The molecule has 0 saturated heterocycles. The summed E-state index contributed by atoms with van der Waals surface area (Å²) in [4.78, 5) is 2.25. The standard InChI is InChI=1S/C14H20N2S2/c1-11-10-12-6-3-4-7-13(12)16(11)14(17)15-8-5-9-18-2/h3-4,6-7,11H,5,8-10H2,1-2H3,(H,15,17)/t11-/m0/s1. The Hall–Kier alpha value is -0.740. The average Bonchev–Trinajstić information content (AvgIpc) is 2.70. The van der Waals surface area contributed by atoms with Crippen molar-refractivity contribution in [1.29, 1.82) is 0 Å². The fraction of sp³-hybridized carbons (Fsp3) is 0.500. The molecule has 0 spiro atoms. The van der Waals surface area contributed by atoms with Gasteiger partial charge in [0.1, 0.15) is 0 Å². The van der Waals surface area contributed by atoms with E-state index in [9.17, 15) is 0 Å². The molecule has 0 amide bonds. The van der Waals surface area contributed by atoms with Crippen LogP contribution in [0.5, 0.6) is 0 Å². The van der Waals surface area contributed by atoms with E-state index in [0.717, 1.165) is 24.5 Å². The molecule has 0 aromatic heterocycles. The average molecular weight is 280 g/mol. The van der Waals surface area contributed by atoms with Gasteiger partial charge in [-0.3, -0.25) is 0 Å². The first-order valence-corrected chi connectivity index (χ1v) is 8.18. The first-order valence-electron chi connectivity index (χ1n) is 6.38. The maximum absolute atomic E-state index is 5.52. The number of nitrogens with one attached hydrogen (secondary N) is 1. The van der Waals surface area contributed by atoms with Gasteiger partial charge in [0.05, 0.1) is 0 Å². The molecule has 4 heteroatoms. The van der Waals surface area contributed by atoms with Crippen molar-refractivity contribution in [2.24, 2.45) is 0 Å². The van der Waals surface area contributed by atoms with E-state index in [1.807, 2.05) is 11.8 Å². The molecule has 1 N–H and O–H groups in total. The summed E-state index contributed by atoms with van der Waals surface area (Å²) in [5.74, 6) is 1.18. The molecule has 0 radical (unpaired) electrons. The zero-order valence-corrected chi connectivity index (χ0v) is 12.6. The Kier molecular flexibility index (Phi) is 4.89. The van der Waals surface area contributed by atoms with Crippen molar-refractivity contribution in [2.45, 2.75) is 25.8 Å². The predicted octanol–water partition coefficient (Wildman–Crippen LogP) is 3.07. The lowest BCUT2D eigenvalue weighted by atomic mass is 10.1. The molecular weight excluding hydrogens is 260 g/mol. The van der Waals surface area contributed by atoms with E-state index in [1.54, 1.807) is 0 Å². The van der Waals surface area contributed by atoms with Crippen molar-refractivity contribution in [1.82, 2.24) is 5.32 Å². The summed E-state index contributed by atoms with van der Waals surface area (Å²) in [5.41, 5.74) is 2.67. The monoisotopic (exact) mass is 280 g/mol. The van der Waals surface area contributed by atoms with Crippen molar-refractivity contribution in [2.75, 3.05) is 23.5 Å². The van der Waals surface area contributed by atoms with Gasteiger partial charge < -0.3 is 10.2 Å². The van der Waals surface area contributed by atoms with Gasteiger partial charge in [-0.25, -0.2) is 0 Å². The second-order valence-electron chi connectivity index (χ2n) is 4.63. The van der Waals surface area contributed by atoms with Gasteiger partial charge in [0.25, 0.3) is 0 Å². The fourth-order valence-electron chi connectivity index (χ4n) is 2.37. The van der Waals surface area contributed by atoms with Crippen LogP contribution in [0.25, 0.3) is 0 Å². The topological polar surface area (TPSA) is 15.3 Å². The lowest BCUT2D eigenvalue weighted by Crippen LogP contribution is -2.43. The summed E-state index contributed by atoms with van der Waals surface area (Å²) in [7, 11) is 0. The zero-order valence-electron chi connectivity index (χ0n) is 11.0. The number of benzene rings is 1. The van der Waals surface area contributed by atoms with Gasteiger partial charge in [0.2, 0.25) is 0 Å². The molecule has 2 rings (SSSR count). The molecule has 0 fully saturated rings. The molecule has 0 unspecified atom stereocenters. The smallest absolute Gasteiger partial charge is 0.173 e. The van der Waals surface area contributed by atoms with E-state index in [2.05, 4.69) is 47.7 Å². The number of hydrogen-bond donors (Lipinski definition) is 1. The van der Waals surface area contributed by atoms with Crippen molar-refractivity contribution in [3.05, 3.63) is 29.8 Å². The van der Waals surface area contributed by atoms with E-state index in [4.69, 9.17) is 12.2 Å². The van der Waals surface area contributed by atoms with Gasteiger partial charge >= 0.3 is 0 Å². The minimum Gasteiger partial charge on any atom is -0.362 e. The summed E-state index contributed by atoms with van der Waals surface area (Å²) in [5, 5.41) is 4.24. The van der Waals surface area contributed by atoms with Crippen LogP contribution in [0, 0.1) is 0 Å². The SMILES string of the molecule is CSCCCNC(=S)N1c2ccccc2C[C@@H]1C. The normalized spacial score (nSPS) is 17.7. The van der Waals surface area contributed by atoms with Gasteiger partial charge in [-0.1, -0.05) is 18.2 Å². The number of para-hydroxylation sites is 1. The number of fused-ring (bicyclic) bond motifs is 1. The molecule has 1 aliphatic heterocycles. The molecule has 0 bridgehead atoms. The van der Waals surface area contributed by atoms with E-state index in [-0.39, 0.29) is 0 Å². The molecule has 1 atom stereocenters. The van der Waals surface area contributed by atoms with Crippen LogP contribution >= 0.6 is 24.0 Å². The van der Waals surface area contributed by atoms with Crippen LogP contribution in [0.3, 0.4) is 0 Å². The molecule has 0 aliphatic carbocycles. The van der Waals surface area contributed by atoms with Crippen LogP contribution in [0.1, 0.15) is 18.9 Å². The summed E-state index contributed by atoms with van der Waals surface area (Å²) < 4.78 is 0. The van der Waals surface area contributed by atoms with E-state index in [1.165, 1.54) is 17.0 Å². The largest absolute Gasteiger partial charge is 0.362 e. The highest BCUT2D eigenvalue weighted by Crippen LogP contribution is 2.31. The Bertz CT molecular complexity index is 420. The van der Waals surface area contributed by atoms with Crippen LogP contribution < -0.4 is 10.2 Å². The van der Waals surface area contributed by atoms with Crippen molar-refractivity contribution < 1.29 is 0 Å². The van der Waals surface area contributed by atoms with Crippen LogP contribution in [-0.4, -0.2) is 29.7 Å². The van der Waals surface area contributed by atoms with Gasteiger partial charge in [-0.15, -0.1) is 0 Å². The van der Waals surface area contributed by atoms with Crippen LogP contribution in [0.2, 0.25) is 0 Å². The minimum atomic E-state index is 0.461. The highest BCUT2D eigenvalue weighted by Gasteiger charge is 2.27. The lowest BCUT2D eigenvalue weighted by molar-refractivity contribution is 0.750. The first kappa shape index (κ1) is 13.7. The van der Waals surface area contributed by atoms with Gasteiger partial charge in [-0.05, 0) is 55.6 Å². The minimum absolute atomic E-state index is 0.461. The Labute approximate surface area is 119 Å². The second-order valence-corrected chi connectivity index (χ2v) is 6.00. The summed E-state index contributed by atoms with van der Waals surface area (Å²) in [6.45, 7) is 3.20. The second kappa shape index (κ2) is 6.43. The number of anilines is 1. The van der Waals surface area contributed by atoms with Crippen molar-refractivity contribution in [3.8, 4) is 0 Å². The molecule has 0 saturated carbocycles. The molecular formula is C14H20N2S2.